The number of ether oxygens (including phenoxy) is 1. The number of nitrogens with two attached hydrogens (primary N) is 1. The van der Waals surface area contributed by atoms with Crippen molar-refractivity contribution in [3.05, 3.63) is 29.6 Å². The smallest absolute Gasteiger partial charge is 0.131 e. The number of hydrogen-bond donors (Lipinski definition) is 1. The Bertz CT molecular complexity index is 342. The quantitative estimate of drug-likeness (QED) is 0.816. The largest absolute Gasteiger partial charge is 0.488 e. The molecule has 0 aliphatic carbocycles. The van der Waals surface area contributed by atoms with Gasteiger partial charge < -0.3 is 10.5 Å². The van der Waals surface area contributed by atoms with Crippen LogP contribution in [0.5, 0.6) is 5.75 Å². The Hall–Kier alpha value is -1.09. The van der Waals surface area contributed by atoms with Crippen molar-refractivity contribution in [2.45, 2.75) is 39.3 Å². The summed E-state index contributed by atoms with van der Waals surface area (Å²) in [6.45, 7) is 7.50. The van der Waals surface area contributed by atoms with E-state index in [0.717, 1.165) is 0 Å². The Balaban J connectivity index is 3.12. The van der Waals surface area contributed by atoms with Crippen molar-refractivity contribution in [2.24, 2.45) is 5.73 Å². The van der Waals surface area contributed by atoms with Crippen LogP contribution in [0.2, 0.25) is 0 Å². The first-order chi connectivity index (χ1) is 6.81. The number of halogens is 1. The van der Waals surface area contributed by atoms with Crippen LogP contribution in [-0.2, 0) is 0 Å². The van der Waals surface area contributed by atoms with Gasteiger partial charge in [-0.15, -0.1) is 0 Å². The summed E-state index contributed by atoms with van der Waals surface area (Å²) < 4.78 is 19.2. The molecule has 0 aliphatic rings. The van der Waals surface area contributed by atoms with Crippen molar-refractivity contribution in [3.63, 3.8) is 0 Å². The van der Waals surface area contributed by atoms with Gasteiger partial charge in [0.25, 0.3) is 0 Å². The van der Waals surface area contributed by atoms with Crippen molar-refractivity contribution in [1.29, 1.82) is 0 Å². The van der Waals surface area contributed by atoms with Gasteiger partial charge in [0.1, 0.15) is 17.2 Å². The summed E-state index contributed by atoms with van der Waals surface area (Å²) in [6.07, 6.45) is 0. The van der Waals surface area contributed by atoms with E-state index in [1.54, 1.807) is 19.1 Å². The second-order valence-electron chi connectivity index (χ2n) is 4.65. The molecular weight excluding hydrogens is 193 g/mol. The molecule has 3 heteroatoms. The second kappa shape index (κ2) is 4.19. The first-order valence-electron chi connectivity index (χ1n) is 5.04. The maximum Gasteiger partial charge on any atom is 0.131 e. The van der Waals surface area contributed by atoms with E-state index in [1.165, 1.54) is 6.07 Å². The summed E-state index contributed by atoms with van der Waals surface area (Å²) in [5, 5.41) is 0. The monoisotopic (exact) mass is 211 g/mol. The Kier molecular flexibility index (Phi) is 3.35. The fourth-order valence-electron chi connectivity index (χ4n) is 1.38. The molecule has 0 amide bonds. The average Bonchev–Trinajstić information content (AvgIpc) is 1.99. The van der Waals surface area contributed by atoms with Gasteiger partial charge in [-0.2, -0.15) is 0 Å². The molecule has 0 saturated carbocycles. The molecule has 1 rings (SSSR count). The van der Waals surface area contributed by atoms with Crippen molar-refractivity contribution < 1.29 is 9.13 Å². The van der Waals surface area contributed by atoms with Gasteiger partial charge in [-0.05, 0) is 39.8 Å². The minimum absolute atomic E-state index is 0.313. The van der Waals surface area contributed by atoms with Gasteiger partial charge in [-0.25, -0.2) is 4.39 Å². The van der Waals surface area contributed by atoms with Gasteiger partial charge in [0.15, 0.2) is 0 Å². The molecule has 0 saturated heterocycles. The molecule has 0 aromatic heterocycles. The summed E-state index contributed by atoms with van der Waals surface area (Å²) in [5.74, 6) is 0.212. The summed E-state index contributed by atoms with van der Waals surface area (Å²) in [6, 6.07) is 4.40. The standard InChI is InChI=1S/C12H18FNO/c1-8(14)11-9(13)6-5-7-10(11)15-12(2,3)4/h5-8H,14H2,1-4H3/t8-/m0/s1. The van der Waals surface area contributed by atoms with E-state index < -0.39 is 0 Å². The lowest BCUT2D eigenvalue weighted by molar-refractivity contribution is 0.128. The predicted molar refractivity (Wildman–Crippen MR) is 59.4 cm³/mol. The van der Waals surface area contributed by atoms with Crippen molar-refractivity contribution in [1.82, 2.24) is 0 Å². The Morgan fingerprint density at radius 2 is 1.93 bits per heavy atom. The van der Waals surface area contributed by atoms with Crippen molar-refractivity contribution >= 4 is 0 Å². The lowest BCUT2D eigenvalue weighted by Crippen LogP contribution is -2.24. The lowest BCUT2D eigenvalue weighted by Gasteiger charge is -2.24. The molecule has 0 radical (unpaired) electrons. The summed E-state index contributed by atoms with van der Waals surface area (Å²) >= 11 is 0. The molecule has 84 valence electrons. The highest BCUT2D eigenvalue weighted by atomic mass is 19.1. The zero-order chi connectivity index (χ0) is 11.6. The number of benzene rings is 1. The van der Waals surface area contributed by atoms with Gasteiger partial charge in [-0.3, -0.25) is 0 Å². The van der Waals surface area contributed by atoms with Crippen LogP contribution in [0.15, 0.2) is 18.2 Å². The third kappa shape index (κ3) is 3.20. The molecule has 0 unspecified atom stereocenters. The molecule has 1 aromatic carbocycles. The number of rotatable bonds is 2. The SMILES string of the molecule is C[C@H](N)c1c(F)cccc1OC(C)(C)C. The predicted octanol–water partition coefficient (Wildman–Crippen LogP) is 3.02. The van der Waals surface area contributed by atoms with E-state index in [2.05, 4.69) is 0 Å². The van der Waals surface area contributed by atoms with E-state index in [1.807, 2.05) is 20.8 Å². The maximum atomic E-state index is 13.5. The van der Waals surface area contributed by atoms with E-state index in [0.29, 0.717) is 11.3 Å². The lowest BCUT2D eigenvalue weighted by atomic mass is 10.1. The average molecular weight is 211 g/mol. The summed E-state index contributed by atoms with van der Waals surface area (Å²) in [5.41, 5.74) is 5.80. The third-order valence-electron chi connectivity index (χ3n) is 1.88. The zero-order valence-electron chi connectivity index (χ0n) is 9.67. The summed E-state index contributed by atoms with van der Waals surface area (Å²) in [7, 11) is 0. The van der Waals surface area contributed by atoms with Gasteiger partial charge in [-0.1, -0.05) is 6.07 Å². The van der Waals surface area contributed by atoms with E-state index in [9.17, 15) is 4.39 Å². The Morgan fingerprint density at radius 1 is 1.33 bits per heavy atom. The minimum Gasteiger partial charge on any atom is -0.488 e. The fourth-order valence-corrected chi connectivity index (χ4v) is 1.38. The molecule has 0 spiro atoms. The van der Waals surface area contributed by atoms with E-state index in [4.69, 9.17) is 10.5 Å². The van der Waals surface area contributed by atoms with Crippen molar-refractivity contribution in [3.8, 4) is 5.75 Å². The highest BCUT2D eigenvalue weighted by Gasteiger charge is 2.18. The summed E-state index contributed by atoms with van der Waals surface area (Å²) in [4.78, 5) is 0. The molecule has 2 nitrogen and oxygen atoms in total. The third-order valence-corrected chi connectivity index (χ3v) is 1.88. The maximum absolute atomic E-state index is 13.5. The van der Waals surface area contributed by atoms with E-state index >= 15 is 0 Å². The van der Waals surface area contributed by atoms with Crippen LogP contribution < -0.4 is 10.5 Å². The molecule has 1 atom stereocenters. The van der Waals surface area contributed by atoms with Crippen LogP contribution in [0, 0.1) is 5.82 Å². The topological polar surface area (TPSA) is 35.2 Å². The highest BCUT2D eigenvalue weighted by molar-refractivity contribution is 5.37. The first-order valence-corrected chi connectivity index (χ1v) is 5.04. The molecule has 0 fully saturated rings. The van der Waals surface area contributed by atoms with Crippen LogP contribution in [0.4, 0.5) is 4.39 Å². The van der Waals surface area contributed by atoms with E-state index in [-0.39, 0.29) is 17.5 Å². The zero-order valence-corrected chi connectivity index (χ0v) is 9.67. The molecule has 0 heterocycles. The van der Waals surface area contributed by atoms with Gasteiger partial charge in [0, 0.05) is 11.6 Å². The molecule has 2 N–H and O–H groups in total. The molecular formula is C12H18FNO. The minimum atomic E-state index is -0.372. The van der Waals surface area contributed by atoms with Crippen LogP contribution in [0.1, 0.15) is 39.3 Å². The number of hydrogen-bond acceptors (Lipinski definition) is 2. The molecule has 0 aliphatic heterocycles. The van der Waals surface area contributed by atoms with Crippen LogP contribution in [-0.4, -0.2) is 5.60 Å². The molecule has 0 bridgehead atoms. The first kappa shape index (κ1) is 12.0. The normalized spacial score (nSPS) is 13.7. The van der Waals surface area contributed by atoms with Crippen molar-refractivity contribution in [2.75, 3.05) is 0 Å². The molecule has 15 heavy (non-hydrogen) atoms. The van der Waals surface area contributed by atoms with Crippen LogP contribution in [0.25, 0.3) is 0 Å². The second-order valence-corrected chi connectivity index (χ2v) is 4.65. The molecule has 1 aromatic rings. The Morgan fingerprint density at radius 3 is 2.40 bits per heavy atom. The Labute approximate surface area is 90.2 Å². The fraction of sp³-hybridized carbons (Fsp3) is 0.500. The van der Waals surface area contributed by atoms with Gasteiger partial charge in [0.2, 0.25) is 0 Å². The van der Waals surface area contributed by atoms with Crippen LogP contribution >= 0.6 is 0 Å². The van der Waals surface area contributed by atoms with Gasteiger partial charge in [0.05, 0.1) is 0 Å². The highest BCUT2D eigenvalue weighted by Crippen LogP contribution is 2.29. The van der Waals surface area contributed by atoms with Crippen LogP contribution in [0.3, 0.4) is 0 Å². The van der Waals surface area contributed by atoms with Gasteiger partial charge >= 0.3 is 0 Å².